The highest BCUT2D eigenvalue weighted by Crippen LogP contribution is 2.35. The molecule has 4 rings (SSSR count). The minimum Gasteiger partial charge on any atom is -0.449 e. The molecular formula is C23H25N3O5S. The highest BCUT2D eigenvalue weighted by atomic mass is 32.2. The lowest BCUT2D eigenvalue weighted by Gasteiger charge is -2.29. The Balaban J connectivity index is 1.52. The first-order valence-electron chi connectivity index (χ1n) is 10.6. The van der Waals surface area contributed by atoms with Crippen molar-refractivity contribution in [3.05, 3.63) is 53.6 Å². The molecule has 1 atom stereocenters. The summed E-state index contributed by atoms with van der Waals surface area (Å²) in [5.41, 5.74) is 2.16. The number of nitrogens with zero attached hydrogens (tertiary/aromatic N) is 2. The number of amides is 1. The minimum absolute atomic E-state index is 0.0190. The number of sulfonamides is 1. The van der Waals surface area contributed by atoms with Crippen LogP contribution in [0, 0.1) is 6.92 Å². The van der Waals surface area contributed by atoms with Crippen LogP contribution >= 0.6 is 0 Å². The number of nitrogens with one attached hydrogen (secondary N) is 1. The molecule has 8 nitrogen and oxygen atoms in total. The number of carbonyl (C=O) groups excluding carboxylic acids is 2. The maximum Gasteiger partial charge on any atom is 0.338 e. The SMILES string of the molecule is Cc1cccc(NC(=O)[C@H](C)OC(=O)c2ccc3c(c2)S(=O)(=O)N=C2CCCCCN23)c1. The van der Waals surface area contributed by atoms with Gasteiger partial charge in [-0.25, -0.2) is 4.79 Å². The van der Waals surface area contributed by atoms with Crippen molar-refractivity contribution in [2.24, 2.45) is 4.40 Å². The summed E-state index contributed by atoms with van der Waals surface area (Å²) in [4.78, 5) is 27.0. The van der Waals surface area contributed by atoms with Gasteiger partial charge in [0.15, 0.2) is 6.10 Å². The first-order chi connectivity index (χ1) is 15.2. The first-order valence-corrected chi connectivity index (χ1v) is 12.0. The Kier molecular flexibility index (Phi) is 6.01. The smallest absolute Gasteiger partial charge is 0.338 e. The lowest BCUT2D eigenvalue weighted by atomic mass is 10.1. The number of hydrogen-bond acceptors (Lipinski definition) is 6. The van der Waals surface area contributed by atoms with Gasteiger partial charge >= 0.3 is 5.97 Å². The van der Waals surface area contributed by atoms with Gasteiger partial charge in [0.25, 0.3) is 15.9 Å². The Hall–Kier alpha value is -3.20. The van der Waals surface area contributed by atoms with Crippen LogP contribution in [-0.2, 0) is 19.6 Å². The van der Waals surface area contributed by atoms with E-state index in [9.17, 15) is 18.0 Å². The highest BCUT2D eigenvalue weighted by molar-refractivity contribution is 7.90. The molecule has 2 aliphatic heterocycles. The maximum absolute atomic E-state index is 12.7. The molecular weight excluding hydrogens is 430 g/mol. The third-order valence-electron chi connectivity index (χ3n) is 5.52. The zero-order valence-electron chi connectivity index (χ0n) is 18.0. The van der Waals surface area contributed by atoms with Gasteiger partial charge in [-0.1, -0.05) is 18.6 Å². The molecule has 2 aromatic rings. The summed E-state index contributed by atoms with van der Waals surface area (Å²) in [6.45, 7) is 4.05. The molecule has 2 heterocycles. The van der Waals surface area contributed by atoms with Gasteiger partial charge in [0, 0.05) is 18.7 Å². The van der Waals surface area contributed by atoms with Gasteiger partial charge in [0.2, 0.25) is 0 Å². The topological polar surface area (TPSA) is 105 Å². The van der Waals surface area contributed by atoms with Crippen LogP contribution in [-0.4, -0.2) is 38.8 Å². The normalized spacial score (nSPS) is 17.8. The van der Waals surface area contributed by atoms with E-state index in [0.717, 1.165) is 24.8 Å². The molecule has 0 aromatic heterocycles. The Bertz CT molecular complexity index is 1210. The Morgan fingerprint density at radius 3 is 2.72 bits per heavy atom. The number of hydrogen-bond donors (Lipinski definition) is 1. The van der Waals surface area contributed by atoms with E-state index >= 15 is 0 Å². The van der Waals surface area contributed by atoms with E-state index in [4.69, 9.17) is 4.74 Å². The Labute approximate surface area is 187 Å². The molecule has 0 spiro atoms. The number of rotatable bonds is 4. The molecule has 2 aliphatic rings. The van der Waals surface area contributed by atoms with E-state index in [1.165, 1.54) is 19.1 Å². The van der Waals surface area contributed by atoms with Crippen molar-refractivity contribution in [1.82, 2.24) is 0 Å². The van der Waals surface area contributed by atoms with Gasteiger partial charge in [-0.15, -0.1) is 4.40 Å². The third-order valence-corrected chi connectivity index (χ3v) is 6.86. The van der Waals surface area contributed by atoms with Gasteiger partial charge in [-0.2, -0.15) is 8.42 Å². The van der Waals surface area contributed by atoms with Gasteiger partial charge in [-0.05, 0) is 62.6 Å². The second-order valence-electron chi connectivity index (χ2n) is 8.03. The number of carbonyl (C=O) groups is 2. The quantitative estimate of drug-likeness (QED) is 0.706. The number of amidine groups is 1. The predicted molar refractivity (Wildman–Crippen MR) is 122 cm³/mol. The zero-order valence-corrected chi connectivity index (χ0v) is 18.8. The fourth-order valence-electron chi connectivity index (χ4n) is 3.86. The lowest BCUT2D eigenvalue weighted by molar-refractivity contribution is -0.123. The van der Waals surface area contributed by atoms with Crippen molar-refractivity contribution >= 4 is 39.1 Å². The fraction of sp³-hybridized carbons (Fsp3) is 0.348. The van der Waals surface area contributed by atoms with Crippen LogP contribution in [0.3, 0.4) is 0 Å². The van der Waals surface area contributed by atoms with Crippen LogP contribution in [0.5, 0.6) is 0 Å². The van der Waals surface area contributed by atoms with Crippen molar-refractivity contribution in [2.75, 3.05) is 16.8 Å². The van der Waals surface area contributed by atoms with Gasteiger partial charge in [0.05, 0.1) is 11.3 Å². The van der Waals surface area contributed by atoms with E-state index in [1.54, 1.807) is 18.2 Å². The van der Waals surface area contributed by atoms with Gasteiger partial charge < -0.3 is 15.0 Å². The number of fused-ring (bicyclic) bond motifs is 3. The summed E-state index contributed by atoms with van der Waals surface area (Å²) in [6, 6.07) is 11.7. The fourth-order valence-corrected chi connectivity index (χ4v) is 5.14. The number of anilines is 2. The summed E-state index contributed by atoms with van der Waals surface area (Å²) in [5.74, 6) is -0.708. The largest absolute Gasteiger partial charge is 0.449 e. The molecule has 32 heavy (non-hydrogen) atoms. The van der Waals surface area contributed by atoms with Crippen molar-refractivity contribution < 1.29 is 22.7 Å². The third kappa shape index (κ3) is 4.52. The molecule has 0 aliphatic carbocycles. The Morgan fingerprint density at radius 1 is 1.12 bits per heavy atom. The average molecular weight is 456 g/mol. The van der Waals surface area contributed by atoms with Crippen LogP contribution in [0.1, 0.15) is 48.5 Å². The summed E-state index contributed by atoms with van der Waals surface area (Å²) < 4.78 is 34.8. The summed E-state index contributed by atoms with van der Waals surface area (Å²) in [6.07, 6.45) is 2.39. The number of benzene rings is 2. The van der Waals surface area contributed by atoms with E-state index in [-0.39, 0.29) is 10.5 Å². The van der Waals surface area contributed by atoms with E-state index in [0.29, 0.717) is 30.2 Å². The maximum atomic E-state index is 12.7. The van der Waals surface area contributed by atoms with Crippen molar-refractivity contribution in [2.45, 2.75) is 50.5 Å². The molecule has 9 heteroatoms. The van der Waals surface area contributed by atoms with Crippen LogP contribution in [0.2, 0.25) is 0 Å². The standard InChI is InChI=1S/C23H25N3O5S/c1-15-7-6-8-18(13-15)24-22(27)16(2)31-23(28)17-10-11-19-20(14-17)32(29,30)25-21-9-4-3-5-12-26(19)21/h6-8,10-11,13-14,16H,3-5,9,12H2,1-2H3,(H,24,27)/t16-/m0/s1. The summed E-state index contributed by atoms with van der Waals surface area (Å²) >= 11 is 0. The molecule has 0 radical (unpaired) electrons. The molecule has 168 valence electrons. The summed E-state index contributed by atoms with van der Waals surface area (Å²) in [7, 11) is -3.92. The van der Waals surface area contributed by atoms with Crippen molar-refractivity contribution in [3.8, 4) is 0 Å². The van der Waals surface area contributed by atoms with E-state index in [2.05, 4.69) is 9.71 Å². The molecule has 1 fully saturated rings. The second-order valence-corrected chi connectivity index (χ2v) is 9.61. The molecule has 0 unspecified atom stereocenters. The predicted octanol–water partition coefficient (Wildman–Crippen LogP) is 3.66. The first kappa shape index (κ1) is 22.0. The van der Waals surface area contributed by atoms with Crippen LogP contribution in [0.25, 0.3) is 0 Å². The van der Waals surface area contributed by atoms with Crippen LogP contribution in [0.15, 0.2) is 51.8 Å². The molecule has 1 saturated heterocycles. The highest BCUT2D eigenvalue weighted by Gasteiger charge is 2.32. The molecule has 0 bridgehead atoms. The minimum atomic E-state index is -3.92. The van der Waals surface area contributed by atoms with Crippen LogP contribution in [0.4, 0.5) is 11.4 Å². The molecule has 2 aromatic carbocycles. The Morgan fingerprint density at radius 2 is 1.94 bits per heavy atom. The van der Waals surface area contributed by atoms with E-state index in [1.807, 2.05) is 24.0 Å². The molecule has 0 saturated carbocycles. The average Bonchev–Trinajstić information content (AvgIpc) is 2.98. The number of ether oxygens (including phenoxy) is 1. The molecule has 1 N–H and O–H groups in total. The van der Waals surface area contributed by atoms with Crippen molar-refractivity contribution in [1.29, 1.82) is 0 Å². The van der Waals surface area contributed by atoms with E-state index < -0.39 is 28.0 Å². The monoisotopic (exact) mass is 455 g/mol. The van der Waals surface area contributed by atoms with Crippen molar-refractivity contribution in [3.63, 3.8) is 0 Å². The molecule has 1 amide bonds. The van der Waals surface area contributed by atoms with Crippen LogP contribution < -0.4 is 10.2 Å². The lowest BCUT2D eigenvalue weighted by Crippen LogP contribution is -2.35. The van der Waals surface area contributed by atoms with Gasteiger partial charge in [0.1, 0.15) is 10.7 Å². The second kappa shape index (κ2) is 8.74. The zero-order chi connectivity index (χ0) is 22.9. The van der Waals surface area contributed by atoms with Gasteiger partial charge in [-0.3, -0.25) is 4.79 Å². The number of esters is 1. The summed E-state index contributed by atoms with van der Waals surface area (Å²) in [5, 5.41) is 2.70. The number of aryl methyl sites for hydroxylation is 1.